The van der Waals surface area contributed by atoms with E-state index in [0.29, 0.717) is 35.1 Å². The zero-order valence-corrected chi connectivity index (χ0v) is 16.9. The summed E-state index contributed by atoms with van der Waals surface area (Å²) in [6.45, 7) is 0.584. The van der Waals surface area contributed by atoms with Crippen molar-refractivity contribution in [1.29, 1.82) is 0 Å². The van der Waals surface area contributed by atoms with Gasteiger partial charge in [-0.1, -0.05) is 6.07 Å². The third-order valence-electron chi connectivity index (χ3n) is 4.16. The molecule has 29 heavy (non-hydrogen) atoms. The van der Waals surface area contributed by atoms with E-state index in [0.717, 1.165) is 11.3 Å². The van der Waals surface area contributed by atoms with Crippen LogP contribution in [0.5, 0.6) is 23.0 Å². The van der Waals surface area contributed by atoms with E-state index in [1.807, 2.05) is 6.07 Å². The van der Waals surface area contributed by atoms with Gasteiger partial charge in [0.25, 0.3) is 5.91 Å². The average molecular weight is 419 g/mol. The van der Waals surface area contributed by atoms with E-state index in [1.54, 1.807) is 49.7 Å². The summed E-state index contributed by atoms with van der Waals surface area (Å²) >= 11 is 0. The third-order valence-corrected chi connectivity index (χ3v) is 4.16. The molecular formula is C20H23ClN4O4. The second kappa shape index (κ2) is 10.4. The second-order valence-corrected chi connectivity index (χ2v) is 5.87. The van der Waals surface area contributed by atoms with Crippen LogP contribution in [-0.4, -0.2) is 30.3 Å². The van der Waals surface area contributed by atoms with Crippen LogP contribution in [0.25, 0.3) is 0 Å². The number of carbonyl (C=O) groups is 1. The molecule has 8 nitrogen and oxygen atoms in total. The first-order valence-corrected chi connectivity index (χ1v) is 8.64. The zero-order valence-electron chi connectivity index (χ0n) is 16.1. The van der Waals surface area contributed by atoms with Gasteiger partial charge >= 0.3 is 0 Å². The van der Waals surface area contributed by atoms with E-state index in [1.165, 1.54) is 7.11 Å². The number of rotatable bonds is 8. The van der Waals surface area contributed by atoms with Crippen molar-refractivity contribution in [2.45, 2.75) is 13.1 Å². The van der Waals surface area contributed by atoms with Gasteiger partial charge in [0, 0.05) is 18.3 Å². The molecule has 2 aromatic carbocycles. The SMILES string of the molecule is COc1ccc(C(=O)NCc2ccn[nH]2)cc1Oc1cccc(OC)c1CN.Cl. The number of benzene rings is 2. The number of carbonyl (C=O) groups excluding carboxylic acids is 1. The van der Waals surface area contributed by atoms with Crippen molar-refractivity contribution < 1.29 is 19.0 Å². The van der Waals surface area contributed by atoms with Gasteiger partial charge in [0.15, 0.2) is 11.5 Å². The standard InChI is InChI=1S/C20H22N4O4.ClH/c1-26-16-4-3-5-17(15(16)11-21)28-19-10-13(6-7-18(19)27-2)20(25)22-12-14-8-9-23-24-14;/h3-10H,11-12,21H2,1-2H3,(H,22,25)(H,23,24);1H. The number of aromatic nitrogens is 2. The van der Waals surface area contributed by atoms with E-state index < -0.39 is 0 Å². The molecule has 0 saturated carbocycles. The summed E-state index contributed by atoms with van der Waals surface area (Å²) in [4.78, 5) is 12.5. The molecule has 0 radical (unpaired) electrons. The largest absolute Gasteiger partial charge is 0.496 e. The van der Waals surface area contributed by atoms with Gasteiger partial charge in [0.1, 0.15) is 11.5 Å². The Morgan fingerprint density at radius 3 is 2.48 bits per heavy atom. The zero-order chi connectivity index (χ0) is 19.9. The van der Waals surface area contributed by atoms with Crippen LogP contribution in [0.2, 0.25) is 0 Å². The third kappa shape index (κ3) is 5.18. The Hall–Kier alpha value is -3.23. The van der Waals surface area contributed by atoms with Gasteiger partial charge < -0.3 is 25.3 Å². The number of aromatic amines is 1. The molecule has 4 N–H and O–H groups in total. The van der Waals surface area contributed by atoms with Crippen molar-refractivity contribution in [2.75, 3.05) is 14.2 Å². The maximum atomic E-state index is 12.5. The molecular weight excluding hydrogens is 396 g/mol. The average Bonchev–Trinajstić information content (AvgIpc) is 3.25. The Balaban J connectivity index is 0.00000300. The fourth-order valence-corrected chi connectivity index (χ4v) is 2.71. The number of methoxy groups -OCH3 is 2. The molecule has 0 aliphatic heterocycles. The predicted octanol–water partition coefficient (Wildman–Crippen LogP) is 3.03. The summed E-state index contributed by atoms with van der Waals surface area (Å²) in [5, 5.41) is 9.47. The van der Waals surface area contributed by atoms with Gasteiger partial charge in [-0.2, -0.15) is 5.10 Å². The molecule has 0 aliphatic rings. The van der Waals surface area contributed by atoms with Crippen LogP contribution >= 0.6 is 12.4 Å². The summed E-state index contributed by atoms with van der Waals surface area (Å²) < 4.78 is 16.7. The summed E-state index contributed by atoms with van der Waals surface area (Å²) in [7, 11) is 3.11. The molecule has 0 atom stereocenters. The number of halogens is 1. The lowest BCUT2D eigenvalue weighted by molar-refractivity contribution is 0.0950. The van der Waals surface area contributed by atoms with Crippen LogP contribution in [0, 0.1) is 0 Å². The minimum absolute atomic E-state index is 0. The summed E-state index contributed by atoms with van der Waals surface area (Å²) in [5.41, 5.74) is 7.82. The fraction of sp³-hybridized carbons (Fsp3) is 0.200. The Kier molecular flexibility index (Phi) is 7.88. The highest BCUT2D eigenvalue weighted by Gasteiger charge is 2.15. The van der Waals surface area contributed by atoms with Crippen molar-refractivity contribution in [2.24, 2.45) is 5.73 Å². The van der Waals surface area contributed by atoms with Gasteiger partial charge in [-0.05, 0) is 36.4 Å². The monoisotopic (exact) mass is 418 g/mol. The first-order valence-electron chi connectivity index (χ1n) is 8.64. The number of nitrogens with zero attached hydrogens (tertiary/aromatic N) is 1. The molecule has 1 aromatic heterocycles. The molecule has 0 fully saturated rings. The molecule has 0 saturated heterocycles. The van der Waals surface area contributed by atoms with Crippen molar-refractivity contribution in [1.82, 2.24) is 15.5 Å². The summed E-state index contributed by atoms with van der Waals surface area (Å²) in [6, 6.07) is 12.2. The predicted molar refractivity (Wildman–Crippen MR) is 111 cm³/mol. The Bertz CT molecular complexity index is 948. The Morgan fingerprint density at radius 1 is 1.07 bits per heavy atom. The van der Waals surface area contributed by atoms with Crippen LogP contribution < -0.4 is 25.3 Å². The normalized spacial score (nSPS) is 10.0. The van der Waals surface area contributed by atoms with E-state index in [4.69, 9.17) is 19.9 Å². The molecule has 0 spiro atoms. The highest BCUT2D eigenvalue weighted by atomic mass is 35.5. The Labute approximate surface area is 174 Å². The van der Waals surface area contributed by atoms with E-state index in [-0.39, 0.29) is 24.9 Å². The van der Waals surface area contributed by atoms with Crippen molar-refractivity contribution in [3.05, 3.63) is 65.5 Å². The number of hydrogen-bond donors (Lipinski definition) is 3. The Morgan fingerprint density at radius 2 is 1.83 bits per heavy atom. The van der Waals surface area contributed by atoms with Gasteiger partial charge in [0.05, 0.1) is 32.0 Å². The van der Waals surface area contributed by atoms with Crippen molar-refractivity contribution >= 4 is 18.3 Å². The van der Waals surface area contributed by atoms with E-state index in [2.05, 4.69) is 15.5 Å². The lowest BCUT2D eigenvalue weighted by Crippen LogP contribution is -2.23. The number of hydrogen-bond acceptors (Lipinski definition) is 6. The van der Waals surface area contributed by atoms with Crippen LogP contribution in [0.15, 0.2) is 48.7 Å². The molecule has 0 aliphatic carbocycles. The van der Waals surface area contributed by atoms with E-state index >= 15 is 0 Å². The minimum Gasteiger partial charge on any atom is -0.496 e. The van der Waals surface area contributed by atoms with Crippen molar-refractivity contribution in [3.8, 4) is 23.0 Å². The molecule has 0 unspecified atom stereocenters. The molecule has 1 amide bonds. The molecule has 0 bridgehead atoms. The topological polar surface area (TPSA) is 111 Å². The van der Waals surface area contributed by atoms with Gasteiger partial charge in [-0.15, -0.1) is 12.4 Å². The number of nitrogens with one attached hydrogen (secondary N) is 2. The highest BCUT2D eigenvalue weighted by molar-refractivity contribution is 5.94. The highest BCUT2D eigenvalue weighted by Crippen LogP contribution is 2.36. The van der Waals surface area contributed by atoms with Crippen LogP contribution in [0.1, 0.15) is 21.6 Å². The van der Waals surface area contributed by atoms with Gasteiger partial charge in [-0.25, -0.2) is 0 Å². The number of amides is 1. The maximum Gasteiger partial charge on any atom is 0.251 e. The summed E-state index contributed by atoms with van der Waals surface area (Å²) in [6.07, 6.45) is 1.63. The molecule has 1 heterocycles. The fourth-order valence-electron chi connectivity index (χ4n) is 2.71. The number of H-pyrrole nitrogens is 1. The number of nitrogens with two attached hydrogens (primary N) is 1. The number of ether oxygens (including phenoxy) is 3. The van der Waals surface area contributed by atoms with Crippen LogP contribution in [0.3, 0.4) is 0 Å². The quantitative estimate of drug-likeness (QED) is 0.518. The lowest BCUT2D eigenvalue weighted by Gasteiger charge is -2.16. The first-order chi connectivity index (χ1) is 13.7. The lowest BCUT2D eigenvalue weighted by atomic mass is 10.1. The van der Waals surface area contributed by atoms with Gasteiger partial charge in [0.2, 0.25) is 0 Å². The van der Waals surface area contributed by atoms with Crippen LogP contribution in [-0.2, 0) is 13.1 Å². The summed E-state index contributed by atoms with van der Waals surface area (Å²) in [5.74, 6) is 1.82. The van der Waals surface area contributed by atoms with Crippen LogP contribution in [0.4, 0.5) is 0 Å². The molecule has 3 rings (SSSR count). The maximum absolute atomic E-state index is 12.5. The second-order valence-electron chi connectivity index (χ2n) is 5.87. The smallest absolute Gasteiger partial charge is 0.251 e. The molecule has 154 valence electrons. The van der Waals surface area contributed by atoms with Crippen molar-refractivity contribution in [3.63, 3.8) is 0 Å². The van der Waals surface area contributed by atoms with Gasteiger partial charge in [-0.3, -0.25) is 9.89 Å². The minimum atomic E-state index is -0.244. The first kappa shape index (κ1) is 22.1. The molecule has 3 aromatic rings. The molecule has 9 heteroatoms. The van der Waals surface area contributed by atoms with E-state index in [9.17, 15) is 4.79 Å².